The van der Waals surface area contributed by atoms with Crippen molar-refractivity contribution in [3.05, 3.63) is 119 Å². The van der Waals surface area contributed by atoms with E-state index in [9.17, 15) is 0 Å². The van der Waals surface area contributed by atoms with Crippen molar-refractivity contribution in [1.82, 2.24) is 0 Å². The summed E-state index contributed by atoms with van der Waals surface area (Å²) in [6.45, 7) is 12.2. The van der Waals surface area contributed by atoms with Gasteiger partial charge >= 0.3 is 17.1 Å². The molecule has 43 heavy (non-hydrogen) atoms. The molecule has 3 heteroatoms. The van der Waals surface area contributed by atoms with Crippen LogP contribution in [0, 0.1) is 42.4 Å². The van der Waals surface area contributed by atoms with Crippen LogP contribution in [0.5, 0.6) is 0 Å². The molecule has 4 fully saturated rings. The Balaban J connectivity index is 0.000000559. The minimum Gasteiger partial charge on any atom is -0.214 e. The number of hydrogen-bond acceptors (Lipinski definition) is 0. The molecule has 2 atom stereocenters. The van der Waals surface area contributed by atoms with Gasteiger partial charge in [0, 0.05) is 0 Å². The molecule has 4 aromatic rings. The van der Waals surface area contributed by atoms with Crippen molar-refractivity contribution in [2.75, 3.05) is 0 Å². The summed E-state index contributed by atoms with van der Waals surface area (Å²) in [4.78, 5) is 0. The molecule has 4 saturated carbocycles. The second kappa shape index (κ2) is 13.1. The zero-order valence-corrected chi connectivity index (χ0v) is 30.0. The van der Waals surface area contributed by atoms with Gasteiger partial charge < -0.3 is 0 Å². The van der Waals surface area contributed by atoms with Gasteiger partial charge in [0.05, 0.1) is 0 Å². The Morgan fingerprint density at radius 2 is 1.23 bits per heavy atom. The summed E-state index contributed by atoms with van der Waals surface area (Å²) in [5.41, 5.74) is 6.69. The minimum absolute atomic E-state index is 0. The molecule has 0 N–H and O–H groups in total. The summed E-state index contributed by atoms with van der Waals surface area (Å²) < 4.78 is 0. The van der Waals surface area contributed by atoms with Gasteiger partial charge in [0.1, 0.15) is 0 Å². The van der Waals surface area contributed by atoms with Gasteiger partial charge in [-0.15, -0.1) is 9.24 Å². The van der Waals surface area contributed by atoms with E-state index in [4.69, 9.17) is 0 Å². The molecule has 0 radical (unpaired) electrons. The number of rotatable bonds is 6. The molecule has 0 spiro atoms. The molecular weight excluding hydrogens is 598 g/mol. The number of aryl methyl sites for hydroxylation is 2. The van der Waals surface area contributed by atoms with Crippen LogP contribution in [0.15, 0.2) is 97.1 Å². The Morgan fingerprint density at radius 3 is 1.65 bits per heavy atom. The van der Waals surface area contributed by atoms with Crippen LogP contribution >= 0.6 is 17.2 Å². The summed E-state index contributed by atoms with van der Waals surface area (Å²) >= 11 is 0. The molecule has 4 aliphatic rings. The normalized spacial score (nSPS) is 25.5. The third-order valence-electron chi connectivity index (χ3n) is 11.1. The fraction of sp³-hybridized carbons (Fsp3) is 0.450. The van der Waals surface area contributed by atoms with Gasteiger partial charge in [0.25, 0.3) is 0 Å². The minimum atomic E-state index is -0.485. The van der Waals surface area contributed by atoms with Crippen LogP contribution in [0.2, 0.25) is 0 Å². The van der Waals surface area contributed by atoms with Crippen molar-refractivity contribution < 1.29 is 17.1 Å². The molecule has 0 saturated heterocycles. The number of benzene rings is 2. The van der Waals surface area contributed by atoms with Gasteiger partial charge in [-0.25, -0.2) is 18.2 Å². The standard InChI is InChI=1S/C35H45P2.C5H5.Fe/c1-24-11-6-8-15-31(24)37(32-16-9-7-12-25(32)2)23-29-13-10-14-30(29)35(36,33(3,4)5)34-20-26-17-27(21-34)19-28(18-26)22-34;1-2-4-5-3-1;/h6-16,26-28H,17-23,36H2,1-5H3;1-5H;/q2*-1;+2. The van der Waals surface area contributed by atoms with E-state index >= 15 is 0 Å². The Labute approximate surface area is 276 Å². The Hall–Kier alpha value is -1.48. The molecule has 0 nitrogen and oxygen atoms in total. The van der Waals surface area contributed by atoms with E-state index in [2.05, 4.69) is 111 Å². The molecule has 4 aliphatic carbocycles. The first kappa shape index (κ1) is 32.9. The van der Waals surface area contributed by atoms with Crippen LogP contribution < -0.4 is 10.6 Å². The first-order chi connectivity index (χ1) is 20.1. The Morgan fingerprint density at radius 1 is 0.744 bits per heavy atom. The molecule has 0 aliphatic heterocycles. The molecule has 0 heterocycles. The van der Waals surface area contributed by atoms with E-state index in [1.807, 2.05) is 30.3 Å². The van der Waals surface area contributed by atoms with Gasteiger partial charge in [0.15, 0.2) is 0 Å². The van der Waals surface area contributed by atoms with Crippen LogP contribution in [-0.2, 0) is 28.4 Å². The van der Waals surface area contributed by atoms with E-state index < -0.39 is 7.92 Å². The van der Waals surface area contributed by atoms with Crippen LogP contribution in [0.25, 0.3) is 0 Å². The van der Waals surface area contributed by atoms with E-state index in [1.54, 1.807) is 21.7 Å². The first-order valence-electron chi connectivity index (χ1n) is 16.2. The number of hydrogen-bond donors (Lipinski definition) is 0. The maximum atomic E-state index is 3.57. The molecule has 0 aromatic heterocycles. The van der Waals surface area contributed by atoms with Crippen LogP contribution in [0.4, 0.5) is 0 Å². The third kappa shape index (κ3) is 6.19. The first-order valence-corrected chi connectivity index (χ1v) is 18.3. The Kier molecular flexibility index (Phi) is 10.0. The third-order valence-corrected chi connectivity index (χ3v) is 15.7. The van der Waals surface area contributed by atoms with Crippen molar-refractivity contribution in [3.8, 4) is 0 Å². The monoisotopic (exact) mass is 648 g/mol. The van der Waals surface area contributed by atoms with Gasteiger partial charge in [0.2, 0.25) is 0 Å². The SMILES string of the molecule is Cc1ccccc1P(Cc1cc[cH-]c1C(P)(C(C)(C)C)C12CC3CC(CC(C3)C1)C2)c1ccccc1C.[Fe+2].c1cc[cH-]c1. The summed E-state index contributed by atoms with van der Waals surface area (Å²) in [7, 11) is 3.09. The van der Waals surface area contributed by atoms with Crippen LogP contribution in [0.3, 0.4) is 0 Å². The average Bonchev–Trinajstić information content (AvgIpc) is 3.67. The van der Waals surface area contributed by atoms with Gasteiger partial charge in [-0.2, -0.15) is 41.5 Å². The molecule has 8 rings (SSSR count). The Bertz CT molecular complexity index is 1370. The second-order valence-electron chi connectivity index (χ2n) is 14.8. The maximum absolute atomic E-state index is 3.57. The van der Waals surface area contributed by atoms with E-state index in [1.165, 1.54) is 49.7 Å². The second-order valence-corrected chi connectivity index (χ2v) is 17.8. The zero-order valence-electron chi connectivity index (χ0n) is 26.8. The van der Waals surface area contributed by atoms with Crippen LogP contribution in [-0.4, -0.2) is 0 Å². The van der Waals surface area contributed by atoms with E-state index in [-0.39, 0.29) is 27.6 Å². The quantitative estimate of drug-likeness (QED) is 0.111. The summed E-state index contributed by atoms with van der Waals surface area (Å²) in [5, 5.41) is 3.19. The van der Waals surface area contributed by atoms with Gasteiger partial charge in [-0.3, -0.25) is 0 Å². The van der Waals surface area contributed by atoms with Crippen molar-refractivity contribution in [3.63, 3.8) is 0 Å². The van der Waals surface area contributed by atoms with Crippen LogP contribution in [0.1, 0.15) is 81.5 Å². The molecule has 4 aromatic carbocycles. The smallest absolute Gasteiger partial charge is 0.214 e. The van der Waals surface area contributed by atoms with E-state index in [0.29, 0.717) is 5.41 Å². The fourth-order valence-electron chi connectivity index (χ4n) is 9.58. The largest absolute Gasteiger partial charge is 2.00 e. The van der Waals surface area contributed by atoms with Crippen molar-refractivity contribution in [2.45, 2.75) is 84.5 Å². The summed E-state index contributed by atoms with van der Waals surface area (Å²) in [6.07, 6.45) is 9.96. The molecule has 4 bridgehead atoms. The van der Waals surface area contributed by atoms with Crippen molar-refractivity contribution >= 4 is 27.8 Å². The summed E-state index contributed by atoms with van der Waals surface area (Å²) in [6, 6.07) is 35.6. The van der Waals surface area contributed by atoms with E-state index in [0.717, 1.165) is 23.9 Å². The zero-order chi connectivity index (χ0) is 29.5. The van der Waals surface area contributed by atoms with Crippen molar-refractivity contribution in [2.24, 2.45) is 28.6 Å². The maximum Gasteiger partial charge on any atom is 2.00 e. The topological polar surface area (TPSA) is 0 Å². The average molecular weight is 649 g/mol. The predicted molar refractivity (Wildman–Crippen MR) is 188 cm³/mol. The molecule has 0 amide bonds. The van der Waals surface area contributed by atoms with Crippen molar-refractivity contribution in [1.29, 1.82) is 0 Å². The molecular formula is C40H50FeP2. The fourth-order valence-corrected chi connectivity index (χ4v) is 13.0. The summed E-state index contributed by atoms with van der Waals surface area (Å²) in [5.74, 6) is 2.88. The molecule has 228 valence electrons. The van der Waals surface area contributed by atoms with Gasteiger partial charge in [-0.1, -0.05) is 83.4 Å². The van der Waals surface area contributed by atoms with Gasteiger partial charge in [-0.05, 0) is 108 Å². The molecule has 2 unspecified atom stereocenters. The predicted octanol–water partition coefficient (Wildman–Crippen LogP) is 10.4.